The molecule has 2 heterocycles. The number of carbonyl (C=O) groups is 1. The summed E-state index contributed by atoms with van der Waals surface area (Å²) in [6.45, 7) is 7.87. The maximum absolute atomic E-state index is 11.8. The number of hydrogen-bond acceptors (Lipinski definition) is 3. The molecule has 1 saturated heterocycles. The average molecular weight is 360 g/mol. The number of nitrogens with zero attached hydrogens (tertiary/aromatic N) is 3. The van der Waals surface area contributed by atoms with Gasteiger partial charge in [-0.2, -0.15) is 5.10 Å². The van der Waals surface area contributed by atoms with Gasteiger partial charge in [0.25, 0.3) is 0 Å². The summed E-state index contributed by atoms with van der Waals surface area (Å²) in [6, 6.07) is 0.595. The van der Waals surface area contributed by atoms with Crippen molar-refractivity contribution in [1.82, 2.24) is 14.7 Å². The largest absolute Gasteiger partial charge is 0.303 e. The van der Waals surface area contributed by atoms with Gasteiger partial charge in [0, 0.05) is 31.6 Å². The molecule has 0 aromatic carbocycles. The predicted molar refractivity (Wildman–Crippen MR) is 106 cm³/mol. The fraction of sp³-hybridized carbons (Fsp3) is 0.818. The van der Waals surface area contributed by atoms with E-state index in [9.17, 15) is 4.79 Å². The van der Waals surface area contributed by atoms with Crippen molar-refractivity contribution in [1.29, 1.82) is 0 Å². The zero-order valence-corrected chi connectivity index (χ0v) is 16.8. The number of Topliss-reactive ketones (excluding diaryl/α,β-unsaturated/α-hetero) is 1. The second-order valence-corrected chi connectivity index (χ2v) is 8.43. The van der Waals surface area contributed by atoms with Crippen molar-refractivity contribution in [2.45, 2.75) is 84.1 Å². The maximum atomic E-state index is 11.8. The molecule has 0 spiro atoms. The first-order valence-electron chi connectivity index (χ1n) is 11.0. The molecule has 4 heteroatoms. The normalized spacial score (nSPS) is 25.5. The van der Waals surface area contributed by atoms with Gasteiger partial charge in [-0.15, -0.1) is 0 Å². The number of piperidine rings is 1. The van der Waals surface area contributed by atoms with Gasteiger partial charge in [-0.1, -0.05) is 13.8 Å². The molecule has 26 heavy (non-hydrogen) atoms. The standard InChI is InChI=1S/C22H37N3O/c1-3-18-16-23-25(17-18)21-11-14-24(15-12-21)13-5-6-19-7-9-20(10-8-19)22(26)4-2/h16-17,19-21H,3-15H2,1-2H3/t19-,20-. The number of ketones is 1. The third-order valence-electron chi connectivity index (χ3n) is 6.73. The Hall–Kier alpha value is -1.16. The molecule has 4 nitrogen and oxygen atoms in total. The highest BCUT2D eigenvalue weighted by Crippen LogP contribution is 2.32. The average Bonchev–Trinajstić information content (AvgIpc) is 3.18. The number of carbonyl (C=O) groups excluding carboxylic acids is 1. The Balaban J connectivity index is 1.30. The van der Waals surface area contributed by atoms with Crippen LogP contribution in [0.1, 0.15) is 83.2 Å². The van der Waals surface area contributed by atoms with Gasteiger partial charge in [0.2, 0.25) is 0 Å². The first kappa shape index (κ1) is 19.6. The predicted octanol–water partition coefficient (Wildman–Crippen LogP) is 4.65. The molecule has 0 atom stereocenters. The SMILES string of the molecule is CCc1cnn(C2CCN(CCC[C@H]3CC[C@H](C(=O)CC)CC3)CC2)c1. The lowest BCUT2D eigenvalue weighted by Crippen LogP contribution is -2.35. The smallest absolute Gasteiger partial charge is 0.135 e. The lowest BCUT2D eigenvalue weighted by molar-refractivity contribution is -0.123. The first-order chi connectivity index (χ1) is 12.7. The summed E-state index contributed by atoms with van der Waals surface area (Å²) < 4.78 is 2.20. The number of hydrogen-bond donors (Lipinski definition) is 0. The highest BCUT2D eigenvalue weighted by atomic mass is 16.1. The zero-order valence-electron chi connectivity index (χ0n) is 16.8. The summed E-state index contributed by atoms with van der Waals surface area (Å²) in [4.78, 5) is 14.5. The molecule has 146 valence electrons. The lowest BCUT2D eigenvalue weighted by atomic mass is 9.78. The highest BCUT2D eigenvalue weighted by molar-refractivity contribution is 5.80. The van der Waals surface area contributed by atoms with Crippen LogP contribution in [0.15, 0.2) is 12.4 Å². The fourth-order valence-electron chi connectivity index (χ4n) is 4.83. The number of likely N-dealkylation sites (tertiary alicyclic amines) is 1. The molecule has 0 radical (unpaired) electrons. The summed E-state index contributed by atoms with van der Waals surface area (Å²) >= 11 is 0. The molecule has 3 rings (SSSR count). The van der Waals surface area contributed by atoms with Crippen molar-refractivity contribution in [2.24, 2.45) is 11.8 Å². The second kappa shape index (κ2) is 9.68. The summed E-state index contributed by atoms with van der Waals surface area (Å²) in [5.74, 6) is 1.74. The third-order valence-corrected chi connectivity index (χ3v) is 6.73. The molecule has 0 unspecified atom stereocenters. The third kappa shape index (κ3) is 5.18. The van der Waals surface area contributed by atoms with E-state index < -0.39 is 0 Å². The maximum Gasteiger partial charge on any atom is 0.135 e. The van der Waals surface area contributed by atoms with E-state index in [1.807, 2.05) is 13.1 Å². The second-order valence-electron chi connectivity index (χ2n) is 8.43. The number of aromatic nitrogens is 2. The van der Waals surface area contributed by atoms with Gasteiger partial charge in [0.1, 0.15) is 5.78 Å². The van der Waals surface area contributed by atoms with Crippen LogP contribution in [0.5, 0.6) is 0 Å². The van der Waals surface area contributed by atoms with Crippen LogP contribution in [0, 0.1) is 11.8 Å². The van der Waals surface area contributed by atoms with E-state index in [0.29, 0.717) is 17.7 Å². The van der Waals surface area contributed by atoms with Gasteiger partial charge >= 0.3 is 0 Å². The van der Waals surface area contributed by atoms with Crippen molar-refractivity contribution in [3.8, 4) is 0 Å². The molecule has 1 aliphatic heterocycles. The van der Waals surface area contributed by atoms with Crippen LogP contribution < -0.4 is 0 Å². The van der Waals surface area contributed by atoms with E-state index in [4.69, 9.17) is 0 Å². The lowest BCUT2D eigenvalue weighted by Gasteiger charge is -2.33. The minimum atomic E-state index is 0.380. The van der Waals surface area contributed by atoms with Gasteiger partial charge in [0.05, 0.1) is 12.2 Å². The van der Waals surface area contributed by atoms with Crippen LogP contribution in [-0.4, -0.2) is 40.1 Å². The van der Waals surface area contributed by atoms with Crippen molar-refractivity contribution in [3.05, 3.63) is 18.0 Å². The van der Waals surface area contributed by atoms with E-state index in [1.165, 1.54) is 63.7 Å². The number of rotatable bonds is 8. The van der Waals surface area contributed by atoms with Crippen LogP contribution in [0.3, 0.4) is 0 Å². The van der Waals surface area contributed by atoms with Crippen molar-refractivity contribution >= 4 is 5.78 Å². The minimum absolute atomic E-state index is 0.380. The van der Waals surface area contributed by atoms with Crippen LogP contribution in [0.2, 0.25) is 0 Å². The molecule has 2 fully saturated rings. The Bertz CT molecular complexity index is 551. The molecule has 1 saturated carbocycles. The van der Waals surface area contributed by atoms with Crippen molar-refractivity contribution in [2.75, 3.05) is 19.6 Å². The Morgan fingerprint density at radius 1 is 1.12 bits per heavy atom. The summed E-state index contributed by atoms with van der Waals surface area (Å²) in [5.41, 5.74) is 1.35. The van der Waals surface area contributed by atoms with Crippen LogP contribution in [-0.2, 0) is 11.2 Å². The number of aryl methyl sites for hydroxylation is 1. The molecule has 2 aliphatic rings. The Kier molecular flexibility index (Phi) is 7.30. The molecule has 1 aromatic heterocycles. The van der Waals surface area contributed by atoms with Gasteiger partial charge in [-0.3, -0.25) is 9.48 Å². The quantitative estimate of drug-likeness (QED) is 0.678. The summed E-state index contributed by atoms with van der Waals surface area (Å²) in [5, 5.41) is 4.56. The van der Waals surface area contributed by atoms with Crippen LogP contribution in [0.25, 0.3) is 0 Å². The molecule has 1 aromatic rings. The molecule has 0 amide bonds. The topological polar surface area (TPSA) is 38.1 Å². The monoisotopic (exact) mass is 359 g/mol. The van der Waals surface area contributed by atoms with E-state index in [0.717, 1.165) is 31.6 Å². The van der Waals surface area contributed by atoms with E-state index >= 15 is 0 Å². The molecule has 1 aliphatic carbocycles. The van der Waals surface area contributed by atoms with E-state index in [1.54, 1.807) is 0 Å². The minimum Gasteiger partial charge on any atom is -0.303 e. The van der Waals surface area contributed by atoms with Gasteiger partial charge in [-0.05, 0) is 75.8 Å². The molecule has 0 bridgehead atoms. The molecular formula is C22H37N3O. The van der Waals surface area contributed by atoms with Gasteiger partial charge in [-0.25, -0.2) is 0 Å². The van der Waals surface area contributed by atoms with Crippen molar-refractivity contribution < 1.29 is 4.79 Å². The summed E-state index contributed by atoms with van der Waals surface area (Å²) in [6.07, 6.45) is 16.0. The Morgan fingerprint density at radius 3 is 2.46 bits per heavy atom. The Morgan fingerprint density at radius 2 is 1.85 bits per heavy atom. The highest BCUT2D eigenvalue weighted by Gasteiger charge is 2.25. The van der Waals surface area contributed by atoms with Gasteiger partial charge in [0.15, 0.2) is 0 Å². The molecule has 0 N–H and O–H groups in total. The van der Waals surface area contributed by atoms with Crippen molar-refractivity contribution in [3.63, 3.8) is 0 Å². The van der Waals surface area contributed by atoms with Crippen LogP contribution in [0.4, 0.5) is 0 Å². The fourth-order valence-corrected chi connectivity index (χ4v) is 4.83. The molecular weight excluding hydrogens is 322 g/mol. The van der Waals surface area contributed by atoms with Crippen LogP contribution >= 0.6 is 0 Å². The Labute approximate surface area is 159 Å². The summed E-state index contributed by atoms with van der Waals surface area (Å²) in [7, 11) is 0. The zero-order chi connectivity index (χ0) is 18.4. The van der Waals surface area contributed by atoms with E-state index in [2.05, 4.69) is 27.8 Å². The van der Waals surface area contributed by atoms with E-state index in [-0.39, 0.29) is 0 Å². The first-order valence-corrected chi connectivity index (χ1v) is 11.0. The van der Waals surface area contributed by atoms with Gasteiger partial charge < -0.3 is 4.90 Å².